The first-order valence-corrected chi connectivity index (χ1v) is 12.6. The van der Waals surface area contributed by atoms with Gasteiger partial charge in [-0.3, -0.25) is 9.59 Å². The van der Waals surface area contributed by atoms with Crippen molar-refractivity contribution in [2.75, 3.05) is 11.1 Å². The largest absolute Gasteiger partial charge is 0.342 e. The molecule has 0 fully saturated rings. The number of rotatable bonds is 9. The maximum Gasteiger partial charge on any atom is 0.251 e. The zero-order valence-corrected chi connectivity index (χ0v) is 20.9. The Morgan fingerprint density at radius 1 is 0.943 bits per heavy atom. The summed E-state index contributed by atoms with van der Waals surface area (Å²) in [6.45, 7) is 6.70. The molecular formula is C27H29N5O2S. The molecule has 1 heterocycles. The molecule has 1 aromatic heterocycles. The Bertz CT molecular complexity index is 1320. The van der Waals surface area contributed by atoms with Gasteiger partial charge in [0.1, 0.15) is 0 Å². The van der Waals surface area contributed by atoms with Crippen LogP contribution in [0.3, 0.4) is 0 Å². The van der Waals surface area contributed by atoms with Crippen LogP contribution in [0.15, 0.2) is 78.0 Å². The van der Waals surface area contributed by atoms with Gasteiger partial charge in [-0.15, -0.1) is 10.2 Å². The van der Waals surface area contributed by atoms with Gasteiger partial charge < -0.3 is 15.2 Å². The molecule has 4 rings (SSSR count). The number of nitrogens with zero attached hydrogens (tertiary/aromatic N) is 3. The van der Waals surface area contributed by atoms with Gasteiger partial charge >= 0.3 is 0 Å². The summed E-state index contributed by atoms with van der Waals surface area (Å²) in [7, 11) is 0. The first kappa shape index (κ1) is 24.5. The minimum Gasteiger partial charge on any atom is -0.342 e. The summed E-state index contributed by atoms with van der Waals surface area (Å²) in [5, 5.41) is 17.6. The summed E-state index contributed by atoms with van der Waals surface area (Å²) >= 11 is 1.33. The van der Waals surface area contributed by atoms with E-state index in [0.29, 0.717) is 23.1 Å². The summed E-state index contributed by atoms with van der Waals surface area (Å²) in [5.41, 5.74) is 1.36. The average Bonchev–Trinajstić information content (AvgIpc) is 3.28. The van der Waals surface area contributed by atoms with Crippen LogP contribution in [0.2, 0.25) is 0 Å². The lowest BCUT2D eigenvalue weighted by Crippen LogP contribution is -2.33. The molecular weight excluding hydrogens is 458 g/mol. The van der Waals surface area contributed by atoms with E-state index < -0.39 is 0 Å². The molecule has 8 heteroatoms. The Balaban J connectivity index is 1.43. The van der Waals surface area contributed by atoms with Gasteiger partial charge in [0.25, 0.3) is 5.91 Å². The third-order valence-corrected chi connectivity index (χ3v) is 6.66. The number of thioether (sulfide) groups is 1. The molecule has 35 heavy (non-hydrogen) atoms. The second kappa shape index (κ2) is 11.2. The topological polar surface area (TPSA) is 88.9 Å². The highest BCUT2D eigenvalue weighted by atomic mass is 32.2. The summed E-state index contributed by atoms with van der Waals surface area (Å²) in [6, 6.07) is 22.7. The number of hydrogen-bond donors (Lipinski definition) is 2. The van der Waals surface area contributed by atoms with E-state index in [1.807, 2.05) is 86.0 Å². The standard InChI is InChI=1S/C27H29N5O2S/c1-4-32-25(24(18(2)3)29-26(34)20-11-6-5-7-12-20)30-31-27(32)35-17-23(33)28-22-15-14-19-10-8-9-13-21(19)16-22/h5-16,18,24H,4,17H2,1-3H3,(H,28,33)(H,29,34)/t24-/m0/s1. The van der Waals surface area contributed by atoms with Crippen molar-refractivity contribution in [3.8, 4) is 0 Å². The van der Waals surface area contributed by atoms with Crippen molar-refractivity contribution in [1.82, 2.24) is 20.1 Å². The van der Waals surface area contributed by atoms with Crippen molar-refractivity contribution in [2.24, 2.45) is 5.92 Å². The van der Waals surface area contributed by atoms with Crippen molar-refractivity contribution in [3.05, 3.63) is 84.2 Å². The lowest BCUT2D eigenvalue weighted by molar-refractivity contribution is -0.113. The van der Waals surface area contributed by atoms with Gasteiger partial charge in [-0.1, -0.05) is 74.1 Å². The zero-order chi connectivity index (χ0) is 24.8. The SMILES string of the molecule is CCn1c(SCC(=O)Nc2ccc3ccccc3c2)nnc1[C@@H](NC(=O)c1ccccc1)C(C)C. The minimum atomic E-state index is -0.309. The molecule has 0 radical (unpaired) electrons. The molecule has 0 unspecified atom stereocenters. The number of carbonyl (C=O) groups is 2. The lowest BCUT2D eigenvalue weighted by atomic mass is 10.0. The van der Waals surface area contributed by atoms with Crippen LogP contribution in [-0.4, -0.2) is 32.3 Å². The Morgan fingerprint density at radius 2 is 1.66 bits per heavy atom. The van der Waals surface area contributed by atoms with E-state index in [9.17, 15) is 9.59 Å². The van der Waals surface area contributed by atoms with E-state index in [1.54, 1.807) is 12.1 Å². The van der Waals surface area contributed by atoms with E-state index in [4.69, 9.17) is 0 Å². The smallest absolute Gasteiger partial charge is 0.251 e. The van der Waals surface area contributed by atoms with E-state index in [2.05, 4.69) is 20.8 Å². The van der Waals surface area contributed by atoms with Gasteiger partial charge in [0, 0.05) is 17.8 Å². The Kier molecular flexibility index (Phi) is 7.82. The van der Waals surface area contributed by atoms with Crippen LogP contribution in [0.4, 0.5) is 5.69 Å². The van der Waals surface area contributed by atoms with Crippen LogP contribution < -0.4 is 10.6 Å². The van der Waals surface area contributed by atoms with Gasteiger partial charge in [-0.05, 0) is 47.9 Å². The van der Waals surface area contributed by atoms with E-state index in [0.717, 1.165) is 16.5 Å². The second-order valence-corrected chi connectivity index (χ2v) is 9.49. The first-order valence-electron chi connectivity index (χ1n) is 11.7. The fourth-order valence-electron chi connectivity index (χ4n) is 3.87. The number of benzene rings is 3. The predicted octanol–water partition coefficient (Wildman–Crippen LogP) is 5.31. The predicted molar refractivity (Wildman–Crippen MR) is 140 cm³/mol. The summed E-state index contributed by atoms with van der Waals surface area (Å²) in [6.07, 6.45) is 0. The average molecular weight is 488 g/mol. The van der Waals surface area contributed by atoms with Gasteiger partial charge in [0.05, 0.1) is 11.8 Å². The number of carbonyl (C=O) groups excluding carboxylic acids is 2. The highest BCUT2D eigenvalue weighted by Crippen LogP contribution is 2.26. The molecule has 0 saturated heterocycles. The summed E-state index contributed by atoms with van der Waals surface area (Å²) < 4.78 is 1.96. The highest BCUT2D eigenvalue weighted by molar-refractivity contribution is 7.99. The van der Waals surface area contributed by atoms with Gasteiger partial charge in [0.2, 0.25) is 5.91 Å². The number of hydrogen-bond acceptors (Lipinski definition) is 5. The number of nitrogens with one attached hydrogen (secondary N) is 2. The maximum atomic E-state index is 12.8. The quantitative estimate of drug-likeness (QED) is 0.312. The van der Waals surface area contributed by atoms with E-state index >= 15 is 0 Å². The van der Waals surface area contributed by atoms with Gasteiger partial charge in [-0.25, -0.2) is 0 Å². The van der Waals surface area contributed by atoms with Crippen LogP contribution >= 0.6 is 11.8 Å². The maximum absolute atomic E-state index is 12.8. The molecule has 1 atom stereocenters. The van der Waals surface area contributed by atoms with Crippen molar-refractivity contribution in [3.63, 3.8) is 0 Å². The Hall–Kier alpha value is -3.65. The van der Waals surface area contributed by atoms with Crippen LogP contribution in [0.5, 0.6) is 0 Å². The van der Waals surface area contributed by atoms with Crippen molar-refractivity contribution < 1.29 is 9.59 Å². The highest BCUT2D eigenvalue weighted by Gasteiger charge is 2.26. The van der Waals surface area contributed by atoms with E-state index in [-0.39, 0.29) is 29.5 Å². The van der Waals surface area contributed by atoms with Gasteiger partial charge in [0.15, 0.2) is 11.0 Å². The van der Waals surface area contributed by atoms with Crippen molar-refractivity contribution in [2.45, 2.75) is 38.5 Å². The molecule has 0 aliphatic heterocycles. The second-order valence-electron chi connectivity index (χ2n) is 8.54. The number of amides is 2. The lowest BCUT2D eigenvalue weighted by Gasteiger charge is -2.22. The molecule has 0 aliphatic rings. The fraction of sp³-hybridized carbons (Fsp3) is 0.259. The van der Waals surface area contributed by atoms with Gasteiger partial charge in [-0.2, -0.15) is 0 Å². The monoisotopic (exact) mass is 487 g/mol. The molecule has 0 spiro atoms. The van der Waals surface area contributed by atoms with Crippen molar-refractivity contribution >= 4 is 40.0 Å². The molecule has 3 aromatic carbocycles. The molecule has 0 saturated carbocycles. The summed E-state index contributed by atoms with van der Waals surface area (Å²) in [4.78, 5) is 25.4. The molecule has 180 valence electrons. The molecule has 0 bridgehead atoms. The molecule has 2 amide bonds. The van der Waals surface area contributed by atoms with E-state index in [1.165, 1.54) is 11.8 Å². The van der Waals surface area contributed by atoms with Crippen LogP contribution in [-0.2, 0) is 11.3 Å². The molecule has 2 N–H and O–H groups in total. The first-order chi connectivity index (χ1) is 17.0. The third-order valence-electron chi connectivity index (χ3n) is 5.69. The van der Waals surface area contributed by atoms with Crippen LogP contribution in [0.25, 0.3) is 10.8 Å². The minimum absolute atomic E-state index is 0.103. The summed E-state index contributed by atoms with van der Waals surface area (Å²) in [5.74, 6) is 0.720. The number of anilines is 1. The Labute approximate surface area is 209 Å². The van der Waals surface area contributed by atoms with Crippen LogP contribution in [0, 0.1) is 5.92 Å². The molecule has 4 aromatic rings. The Morgan fingerprint density at radius 3 is 2.37 bits per heavy atom. The zero-order valence-electron chi connectivity index (χ0n) is 20.1. The number of fused-ring (bicyclic) bond motifs is 1. The normalized spacial score (nSPS) is 12.0. The fourth-order valence-corrected chi connectivity index (χ4v) is 4.68. The number of aromatic nitrogens is 3. The molecule has 7 nitrogen and oxygen atoms in total. The molecule has 0 aliphatic carbocycles. The van der Waals surface area contributed by atoms with Crippen molar-refractivity contribution in [1.29, 1.82) is 0 Å². The third kappa shape index (κ3) is 5.89. The van der Waals surface area contributed by atoms with Crippen LogP contribution in [0.1, 0.15) is 43.0 Å².